The number of halogens is 3. The number of methoxy groups -OCH3 is 1. The van der Waals surface area contributed by atoms with Gasteiger partial charge in [-0.1, -0.05) is 0 Å². The highest BCUT2D eigenvalue weighted by molar-refractivity contribution is 9.10. The lowest BCUT2D eigenvalue weighted by Gasteiger charge is -2.21. The molecular formula is C12H13BrF2N2O4. The smallest absolute Gasteiger partial charge is 0.323 e. The predicted molar refractivity (Wildman–Crippen MR) is 74.2 cm³/mol. The third-order valence-electron chi connectivity index (χ3n) is 2.43. The Balaban J connectivity index is 2.85. The van der Waals surface area contributed by atoms with Crippen molar-refractivity contribution in [2.45, 2.75) is 0 Å². The number of nitrogens with zero attached hydrogens (tertiary/aromatic N) is 1. The first-order valence-electron chi connectivity index (χ1n) is 5.76. The molecule has 2 N–H and O–H groups in total. The highest BCUT2D eigenvalue weighted by Gasteiger charge is 2.18. The van der Waals surface area contributed by atoms with Crippen LogP contribution in [-0.2, 0) is 9.53 Å². The molecule has 0 spiro atoms. The Morgan fingerprint density at radius 1 is 1.38 bits per heavy atom. The normalized spacial score (nSPS) is 10.3. The summed E-state index contributed by atoms with van der Waals surface area (Å²) in [5.41, 5.74) is -0.381. The number of anilines is 1. The fourth-order valence-electron chi connectivity index (χ4n) is 1.43. The molecule has 0 saturated heterocycles. The van der Waals surface area contributed by atoms with Crippen molar-refractivity contribution in [1.29, 1.82) is 0 Å². The lowest BCUT2D eigenvalue weighted by Crippen LogP contribution is -2.40. The molecule has 0 unspecified atom stereocenters. The monoisotopic (exact) mass is 366 g/mol. The molecule has 0 aromatic heterocycles. The lowest BCUT2D eigenvalue weighted by atomic mass is 10.3. The Labute approximate surface area is 127 Å². The van der Waals surface area contributed by atoms with Crippen LogP contribution in [0.1, 0.15) is 0 Å². The summed E-state index contributed by atoms with van der Waals surface area (Å²) in [6, 6.07) is 0.795. The number of carboxylic acids is 1. The molecule has 1 rings (SSSR count). The van der Waals surface area contributed by atoms with Crippen molar-refractivity contribution in [1.82, 2.24) is 4.90 Å². The molecule has 0 fully saturated rings. The standard InChI is InChI=1S/C12H13BrF2N2O4/c1-21-3-2-17(6-11(18)19)12(20)16-10-5-8(14)7(13)4-9(10)15/h4-5H,2-3,6H2,1H3,(H,16,20)(H,18,19). The molecule has 0 aliphatic rings. The van der Waals surface area contributed by atoms with Gasteiger partial charge in [0.05, 0.1) is 16.8 Å². The van der Waals surface area contributed by atoms with Gasteiger partial charge >= 0.3 is 12.0 Å². The quantitative estimate of drug-likeness (QED) is 0.757. The molecule has 0 saturated carbocycles. The second-order valence-corrected chi connectivity index (χ2v) is 4.84. The van der Waals surface area contributed by atoms with E-state index in [1.54, 1.807) is 0 Å². The van der Waals surface area contributed by atoms with Crippen LogP contribution in [-0.4, -0.2) is 48.8 Å². The van der Waals surface area contributed by atoms with Crippen molar-refractivity contribution >= 4 is 33.6 Å². The largest absolute Gasteiger partial charge is 0.480 e. The topological polar surface area (TPSA) is 78.9 Å². The number of carbonyl (C=O) groups excluding carboxylic acids is 1. The average Bonchev–Trinajstić information content (AvgIpc) is 2.40. The van der Waals surface area contributed by atoms with Crippen molar-refractivity contribution in [3.05, 3.63) is 28.2 Å². The zero-order chi connectivity index (χ0) is 16.0. The first kappa shape index (κ1) is 17.3. The predicted octanol–water partition coefficient (Wildman–Crippen LogP) is 2.29. The van der Waals surface area contributed by atoms with E-state index in [4.69, 9.17) is 9.84 Å². The summed E-state index contributed by atoms with van der Waals surface area (Å²) in [5, 5.41) is 10.9. The van der Waals surface area contributed by atoms with Crippen molar-refractivity contribution in [2.24, 2.45) is 0 Å². The van der Waals surface area contributed by atoms with Gasteiger partial charge in [-0.3, -0.25) is 4.79 Å². The number of benzene rings is 1. The van der Waals surface area contributed by atoms with Gasteiger partial charge in [-0.15, -0.1) is 0 Å². The van der Waals surface area contributed by atoms with E-state index in [0.717, 1.165) is 17.0 Å². The number of ether oxygens (including phenoxy) is 1. The molecule has 0 heterocycles. The summed E-state index contributed by atoms with van der Waals surface area (Å²) in [6.45, 7) is -0.483. The van der Waals surface area contributed by atoms with Crippen LogP contribution in [0.5, 0.6) is 0 Å². The summed E-state index contributed by atoms with van der Waals surface area (Å²) in [4.78, 5) is 23.5. The summed E-state index contributed by atoms with van der Waals surface area (Å²) < 4.78 is 31.6. The van der Waals surface area contributed by atoms with E-state index in [0.29, 0.717) is 0 Å². The third-order valence-corrected chi connectivity index (χ3v) is 3.04. The van der Waals surface area contributed by atoms with Gasteiger partial charge in [0, 0.05) is 19.7 Å². The summed E-state index contributed by atoms with van der Waals surface area (Å²) >= 11 is 2.81. The average molecular weight is 367 g/mol. The molecule has 1 aromatic rings. The van der Waals surface area contributed by atoms with Crippen LogP contribution in [0.15, 0.2) is 16.6 Å². The molecule has 0 aliphatic carbocycles. The lowest BCUT2D eigenvalue weighted by molar-refractivity contribution is -0.137. The second-order valence-electron chi connectivity index (χ2n) is 3.98. The van der Waals surface area contributed by atoms with E-state index in [2.05, 4.69) is 21.2 Å². The third kappa shape index (κ3) is 5.27. The zero-order valence-electron chi connectivity index (χ0n) is 11.0. The van der Waals surface area contributed by atoms with Gasteiger partial charge < -0.3 is 20.1 Å². The van der Waals surface area contributed by atoms with Gasteiger partial charge in [0.15, 0.2) is 0 Å². The Hall–Kier alpha value is -1.74. The molecular weight excluding hydrogens is 354 g/mol. The molecule has 2 amide bonds. The zero-order valence-corrected chi connectivity index (χ0v) is 12.6. The van der Waals surface area contributed by atoms with Crippen LogP contribution in [0.3, 0.4) is 0 Å². The van der Waals surface area contributed by atoms with Gasteiger partial charge in [-0.05, 0) is 22.0 Å². The molecule has 0 aliphatic heterocycles. The van der Waals surface area contributed by atoms with Gasteiger partial charge in [0.25, 0.3) is 0 Å². The summed E-state index contributed by atoms with van der Waals surface area (Å²) in [6.07, 6.45) is 0. The number of carboxylic acid groups (broad SMARTS) is 1. The van der Waals surface area contributed by atoms with Crippen LogP contribution in [0.2, 0.25) is 0 Å². The Bertz CT molecular complexity index is 542. The Morgan fingerprint density at radius 3 is 2.62 bits per heavy atom. The van der Waals surface area contributed by atoms with Gasteiger partial charge in [0.2, 0.25) is 0 Å². The highest BCUT2D eigenvalue weighted by Crippen LogP contribution is 2.23. The summed E-state index contributed by atoms with van der Waals surface area (Å²) in [7, 11) is 1.39. The SMILES string of the molecule is COCCN(CC(=O)O)C(=O)Nc1cc(F)c(Br)cc1F. The number of hydrogen-bond donors (Lipinski definition) is 2. The van der Waals surface area contributed by atoms with E-state index < -0.39 is 30.2 Å². The molecule has 9 heteroatoms. The van der Waals surface area contributed by atoms with E-state index in [1.165, 1.54) is 7.11 Å². The number of aliphatic carboxylic acids is 1. The second kappa shape index (κ2) is 7.89. The molecule has 116 valence electrons. The van der Waals surface area contributed by atoms with Crippen LogP contribution in [0, 0.1) is 11.6 Å². The van der Waals surface area contributed by atoms with Crippen molar-refractivity contribution in [3.63, 3.8) is 0 Å². The Kier molecular flexibility index (Phi) is 6.50. The highest BCUT2D eigenvalue weighted by atomic mass is 79.9. The fraction of sp³-hybridized carbons (Fsp3) is 0.333. The number of urea groups is 1. The van der Waals surface area contributed by atoms with E-state index in [9.17, 15) is 18.4 Å². The van der Waals surface area contributed by atoms with Gasteiger partial charge in [-0.25, -0.2) is 13.6 Å². The first-order valence-corrected chi connectivity index (χ1v) is 6.55. The Morgan fingerprint density at radius 2 is 2.05 bits per heavy atom. The number of nitrogens with one attached hydrogen (secondary N) is 1. The van der Waals surface area contributed by atoms with Crippen molar-refractivity contribution < 1.29 is 28.2 Å². The number of rotatable bonds is 6. The maximum absolute atomic E-state index is 13.6. The number of hydrogen-bond acceptors (Lipinski definition) is 3. The van der Waals surface area contributed by atoms with Crippen LogP contribution >= 0.6 is 15.9 Å². The van der Waals surface area contributed by atoms with E-state index in [-0.39, 0.29) is 23.3 Å². The van der Waals surface area contributed by atoms with Crippen LogP contribution in [0.25, 0.3) is 0 Å². The molecule has 0 atom stereocenters. The van der Waals surface area contributed by atoms with E-state index >= 15 is 0 Å². The summed E-state index contributed by atoms with van der Waals surface area (Å²) in [5.74, 6) is -2.84. The van der Waals surface area contributed by atoms with Gasteiger partial charge in [0.1, 0.15) is 18.2 Å². The minimum absolute atomic E-state index is 0.00470. The van der Waals surface area contributed by atoms with Crippen molar-refractivity contribution in [3.8, 4) is 0 Å². The molecule has 6 nitrogen and oxygen atoms in total. The minimum atomic E-state index is -1.23. The van der Waals surface area contributed by atoms with E-state index in [1.807, 2.05) is 0 Å². The van der Waals surface area contributed by atoms with Crippen LogP contribution in [0.4, 0.5) is 19.3 Å². The number of amides is 2. The minimum Gasteiger partial charge on any atom is -0.480 e. The molecule has 0 bridgehead atoms. The first-order chi connectivity index (χ1) is 9.85. The molecule has 1 aromatic carbocycles. The van der Waals surface area contributed by atoms with Gasteiger partial charge in [-0.2, -0.15) is 0 Å². The maximum atomic E-state index is 13.6. The molecule has 0 radical (unpaired) electrons. The molecule has 21 heavy (non-hydrogen) atoms. The fourth-order valence-corrected chi connectivity index (χ4v) is 1.75. The number of carbonyl (C=O) groups is 2. The van der Waals surface area contributed by atoms with Crippen molar-refractivity contribution in [2.75, 3.05) is 32.1 Å². The maximum Gasteiger partial charge on any atom is 0.323 e. The van der Waals surface area contributed by atoms with Crippen LogP contribution < -0.4 is 5.32 Å².